The summed E-state index contributed by atoms with van der Waals surface area (Å²) in [6.45, 7) is 4.00. The normalized spacial score (nSPS) is 12.2. The SMILES string of the molecule is CC(=O)c1csc(NC(=O)C(C)(C)S(C)(=O)=O)n1. The highest BCUT2D eigenvalue weighted by Crippen LogP contribution is 2.21. The Balaban J connectivity index is 2.91. The van der Waals surface area contributed by atoms with Crippen LogP contribution in [0.15, 0.2) is 5.38 Å². The lowest BCUT2D eigenvalue weighted by molar-refractivity contribution is -0.117. The number of hydrogen-bond acceptors (Lipinski definition) is 6. The van der Waals surface area contributed by atoms with Crippen LogP contribution in [0, 0.1) is 0 Å². The maximum Gasteiger partial charge on any atom is 0.247 e. The van der Waals surface area contributed by atoms with Crippen LogP contribution in [0.3, 0.4) is 0 Å². The second-order valence-electron chi connectivity index (χ2n) is 4.33. The van der Waals surface area contributed by atoms with E-state index in [1.54, 1.807) is 0 Å². The Labute approximate surface area is 109 Å². The molecule has 1 amide bonds. The largest absolute Gasteiger partial charge is 0.301 e. The molecule has 0 aliphatic heterocycles. The second-order valence-corrected chi connectivity index (χ2v) is 7.75. The summed E-state index contributed by atoms with van der Waals surface area (Å²) in [6.07, 6.45) is 0.995. The minimum absolute atomic E-state index is 0.210. The summed E-state index contributed by atoms with van der Waals surface area (Å²) in [5.41, 5.74) is 0.243. The number of thiazole rings is 1. The number of sulfone groups is 1. The predicted molar refractivity (Wildman–Crippen MR) is 69.7 cm³/mol. The van der Waals surface area contributed by atoms with Crippen molar-refractivity contribution < 1.29 is 18.0 Å². The summed E-state index contributed by atoms with van der Waals surface area (Å²) >= 11 is 1.07. The summed E-state index contributed by atoms with van der Waals surface area (Å²) in [5.74, 6) is -0.886. The topological polar surface area (TPSA) is 93.2 Å². The third-order valence-electron chi connectivity index (χ3n) is 2.56. The maximum absolute atomic E-state index is 11.9. The lowest BCUT2D eigenvalue weighted by atomic mass is 10.2. The van der Waals surface area contributed by atoms with Gasteiger partial charge < -0.3 is 5.32 Å². The van der Waals surface area contributed by atoms with Crippen LogP contribution in [0.25, 0.3) is 0 Å². The van der Waals surface area contributed by atoms with E-state index in [0.29, 0.717) is 0 Å². The van der Waals surface area contributed by atoms with E-state index in [2.05, 4.69) is 10.3 Å². The van der Waals surface area contributed by atoms with Gasteiger partial charge in [-0.3, -0.25) is 9.59 Å². The number of Topliss-reactive ketones (excluding diaryl/α,β-unsaturated/α-hetero) is 1. The second kappa shape index (κ2) is 4.77. The molecule has 1 N–H and O–H groups in total. The number of anilines is 1. The Morgan fingerprint density at radius 3 is 2.33 bits per heavy atom. The zero-order valence-corrected chi connectivity index (χ0v) is 12.1. The van der Waals surface area contributed by atoms with E-state index in [1.165, 1.54) is 26.2 Å². The van der Waals surface area contributed by atoms with Crippen LogP contribution in [0.2, 0.25) is 0 Å². The van der Waals surface area contributed by atoms with E-state index in [9.17, 15) is 18.0 Å². The fourth-order valence-electron chi connectivity index (χ4n) is 0.909. The first kappa shape index (κ1) is 14.8. The molecular weight excluding hydrogens is 276 g/mol. The van der Waals surface area contributed by atoms with Crippen molar-refractivity contribution >= 4 is 38.0 Å². The Hall–Kier alpha value is -1.28. The molecule has 0 unspecified atom stereocenters. The zero-order valence-electron chi connectivity index (χ0n) is 10.5. The fourth-order valence-corrected chi connectivity index (χ4v) is 2.04. The minimum atomic E-state index is -3.53. The Morgan fingerprint density at radius 1 is 1.39 bits per heavy atom. The number of amides is 1. The quantitative estimate of drug-likeness (QED) is 0.838. The van der Waals surface area contributed by atoms with E-state index < -0.39 is 20.5 Å². The minimum Gasteiger partial charge on any atom is -0.301 e. The molecule has 0 aliphatic carbocycles. The van der Waals surface area contributed by atoms with Crippen molar-refractivity contribution in [2.45, 2.75) is 25.5 Å². The Morgan fingerprint density at radius 2 is 1.94 bits per heavy atom. The summed E-state index contributed by atoms with van der Waals surface area (Å²) in [4.78, 5) is 26.8. The molecule has 0 atom stereocenters. The third kappa shape index (κ3) is 2.94. The first-order chi connectivity index (χ1) is 8.05. The third-order valence-corrected chi connectivity index (χ3v) is 5.36. The molecule has 1 aromatic rings. The van der Waals surface area contributed by atoms with Gasteiger partial charge in [0, 0.05) is 18.6 Å². The van der Waals surface area contributed by atoms with Gasteiger partial charge in [-0.05, 0) is 13.8 Å². The van der Waals surface area contributed by atoms with Crippen LogP contribution >= 0.6 is 11.3 Å². The lowest BCUT2D eigenvalue weighted by Crippen LogP contribution is -2.43. The van der Waals surface area contributed by atoms with Crippen LogP contribution in [0.5, 0.6) is 0 Å². The molecule has 1 rings (SSSR count). The smallest absolute Gasteiger partial charge is 0.247 e. The molecule has 1 heterocycles. The van der Waals surface area contributed by atoms with Crippen LogP contribution < -0.4 is 5.32 Å². The van der Waals surface area contributed by atoms with E-state index in [1.807, 2.05) is 0 Å². The van der Waals surface area contributed by atoms with Crippen molar-refractivity contribution in [3.8, 4) is 0 Å². The summed E-state index contributed by atoms with van der Waals surface area (Å²) in [6, 6.07) is 0. The van der Waals surface area contributed by atoms with Crippen molar-refractivity contribution in [1.82, 2.24) is 4.98 Å². The zero-order chi connectivity index (χ0) is 14.1. The molecule has 0 saturated heterocycles. The highest BCUT2D eigenvalue weighted by Gasteiger charge is 2.38. The summed E-state index contributed by atoms with van der Waals surface area (Å²) < 4.78 is 21.4. The first-order valence-electron chi connectivity index (χ1n) is 5.03. The molecule has 6 nitrogen and oxygen atoms in total. The van der Waals surface area contributed by atoms with Gasteiger partial charge in [0.1, 0.15) is 10.4 Å². The summed E-state index contributed by atoms with van der Waals surface area (Å²) in [7, 11) is -3.53. The summed E-state index contributed by atoms with van der Waals surface area (Å²) in [5, 5.41) is 4.12. The number of rotatable bonds is 4. The van der Waals surface area contributed by atoms with Crippen LogP contribution in [-0.2, 0) is 14.6 Å². The molecule has 1 aromatic heterocycles. The van der Waals surface area contributed by atoms with Gasteiger partial charge >= 0.3 is 0 Å². The molecule has 0 aromatic carbocycles. The fraction of sp³-hybridized carbons (Fsp3) is 0.500. The Kier molecular flexibility index (Phi) is 3.92. The van der Waals surface area contributed by atoms with Crippen LogP contribution in [0.1, 0.15) is 31.3 Å². The van der Waals surface area contributed by atoms with E-state index in [4.69, 9.17) is 0 Å². The molecule has 8 heteroatoms. The molecular formula is C10H14N2O4S2. The molecule has 0 spiro atoms. The molecule has 0 fully saturated rings. The monoisotopic (exact) mass is 290 g/mol. The van der Waals surface area contributed by atoms with E-state index in [0.717, 1.165) is 17.6 Å². The first-order valence-corrected chi connectivity index (χ1v) is 7.80. The van der Waals surface area contributed by atoms with E-state index >= 15 is 0 Å². The van der Waals surface area contributed by atoms with Gasteiger partial charge in [0.05, 0.1) is 0 Å². The average Bonchev–Trinajstić information content (AvgIpc) is 2.64. The number of nitrogens with one attached hydrogen (secondary N) is 1. The highest BCUT2D eigenvalue weighted by atomic mass is 32.2. The van der Waals surface area contributed by atoms with Crippen LogP contribution in [0.4, 0.5) is 5.13 Å². The highest BCUT2D eigenvalue weighted by molar-refractivity contribution is 7.92. The molecule has 0 bridgehead atoms. The number of carbonyl (C=O) groups excluding carboxylic acids is 2. The van der Waals surface area contributed by atoms with Crippen molar-refractivity contribution in [3.63, 3.8) is 0 Å². The lowest BCUT2D eigenvalue weighted by Gasteiger charge is -2.20. The molecule has 18 heavy (non-hydrogen) atoms. The predicted octanol–water partition coefficient (Wildman–Crippen LogP) is 1.11. The maximum atomic E-state index is 11.9. The van der Waals surface area contributed by atoms with Gasteiger partial charge in [-0.25, -0.2) is 13.4 Å². The van der Waals surface area contributed by atoms with Gasteiger partial charge in [-0.1, -0.05) is 0 Å². The van der Waals surface area contributed by atoms with Gasteiger partial charge in [0.2, 0.25) is 5.91 Å². The van der Waals surface area contributed by atoms with Crippen molar-refractivity contribution in [1.29, 1.82) is 0 Å². The van der Waals surface area contributed by atoms with Gasteiger partial charge in [-0.2, -0.15) is 0 Å². The Bertz CT molecular complexity index is 587. The number of nitrogens with zero attached hydrogens (tertiary/aromatic N) is 1. The number of aromatic nitrogens is 1. The van der Waals surface area contributed by atoms with Crippen molar-refractivity contribution in [2.75, 3.05) is 11.6 Å². The average molecular weight is 290 g/mol. The number of ketones is 1. The number of carbonyl (C=O) groups is 2. The van der Waals surface area contributed by atoms with Gasteiger partial charge in [0.25, 0.3) is 0 Å². The molecule has 0 radical (unpaired) electrons. The van der Waals surface area contributed by atoms with Crippen LogP contribution in [-0.4, -0.2) is 36.1 Å². The standard InChI is InChI=1S/C10H14N2O4S2/c1-6(13)7-5-17-9(11-7)12-8(14)10(2,3)18(4,15)16/h5H,1-4H3,(H,11,12,14). The van der Waals surface area contributed by atoms with Crippen molar-refractivity contribution in [2.24, 2.45) is 0 Å². The van der Waals surface area contributed by atoms with Gasteiger partial charge in [0.15, 0.2) is 20.8 Å². The molecule has 0 saturated carbocycles. The number of hydrogen-bond donors (Lipinski definition) is 1. The van der Waals surface area contributed by atoms with Gasteiger partial charge in [-0.15, -0.1) is 11.3 Å². The molecule has 0 aliphatic rings. The molecule has 100 valence electrons. The van der Waals surface area contributed by atoms with E-state index in [-0.39, 0.29) is 16.6 Å². The van der Waals surface area contributed by atoms with Crippen molar-refractivity contribution in [3.05, 3.63) is 11.1 Å².